The number of aromatic amines is 1. The molecular formula is C15H20N4O. The van der Waals surface area contributed by atoms with Crippen LogP contribution in [0.4, 0.5) is 5.82 Å². The van der Waals surface area contributed by atoms with Crippen LogP contribution in [0.2, 0.25) is 0 Å². The molecule has 1 aliphatic rings. The van der Waals surface area contributed by atoms with Gasteiger partial charge in [-0.05, 0) is 32.3 Å². The van der Waals surface area contributed by atoms with Crippen LogP contribution < -0.4 is 10.1 Å². The zero-order valence-electron chi connectivity index (χ0n) is 11.9. The number of hydrogen-bond donors (Lipinski definition) is 2. The zero-order valence-corrected chi connectivity index (χ0v) is 11.9. The summed E-state index contributed by atoms with van der Waals surface area (Å²) in [5.41, 5.74) is 2.18. The number of aromatic nitrogens is 3. The highest BCUT2D eigenvalue weighted by molar-refractivity contribution is 5.35. The van der Waals surface area contributed by atoms with Crippen LogP contribution >= 0.6 is 0 Å². The van der Waals surface area contributed by atoms with Gasteiger partial charge in [-0.1, -0.05) is 6.07 Å². The van der Waals surface area contributed by atoms with Crippen molar-refractivity contribution >= 4 is 5.82 Å². The molecule has 2 aromatic rings. The van der Waals surface area contributed by atoms with Crippen molar-refractivity contribution in [3.8, 4) is 5.88 Å². The van der Waals surface area contributed by atoms with Crippen molar-refractivity contribution in [3.63, 3.8) is 0 Å². The maximum absolute atomic E-state index is 5.98. The van der Waals surface area contributed by atoms with Crippen LogP contribution in [0.1, 0.15) is 36.6 Å². The van der Waals surface area contributed by atoms with Gasteiger partial charge >= 0.3 is 0 Å². The number of anilines is 1. The van der Waals surface area contributed by atoms with Gasteiger partial charge in [0.25, 0.3) is 0 Å². The van der Waals surface area contributed by atoms with Crippen LogP contribution in [0.15, 0.2) is 24.3 Å². The number of rotatable bonds is 4. The molecule has 1 saturated carbocycles. The van der Waals surface area contributed by atoms with Gasteiger partial charge in [0.15, 0.2) is 0 Å². The zero-order chi connectivity index (χ0) is 13.9. The van der Waals surface area contributed by atoms with Crippen LogP contribution in [0.5, 0.6) is 5.88 Å². The highest BCUT2D eigenvalue weighted by Crippen LogP contribution is 2.35. The Kier molecular flexibility index (Phi) is 3.58. The van der Waals surface area contributed by atoms with Gasteiger partial charge in [0, 0.05) is 36.5 Å². The molecule has 0 aromatic carbocycles. The Balaban J connectivity index is 1.62. The van der Waals surface area contributed by atoms with Crippen molar-refractivity contribution < 1.29 is 4.74 Å². The second-order valence-electron chi connectivity index (χ2n) is 5.33. The van der Waals surface area contributed by atoms with Crippen molar-refractivity contribution in [1.82, 2.24) is 15.2 Å². The van der Waals surface area contributed by atoms with E-state index in [1.54, 1.807) is 0 Å². The predicted octanol–water partition coefficient (Wildman–Crippen LogP) is 2.87. The van der Waals surface area contributed by atoms with E-state index in [1.807, 2.05) is 32.2 Å². The monoisotopic (exact) mass is 272 g/mol. The number of pyridine rings is 1. The molecule has 2 atom stereocenters. The summed E-state index contributed by atoms with van der Waals surface area (Å²) in [4.78, 5) is 4.40. The Morgan fingerprint density at radius 2 is 2.25 bits per heavy atom. The van der Waals surface area contributed by atoms with Gasteiger partial charge in [-0.2, -0.15) is 5.10 Å². The topological polar surface area (TPSA) is 62.8 Å². The molecule has 5 heteroatoms. The molecule has 0 aliphatic heterocycles. The Morgan fingerprint density at radius 3 is 3.00 bits per heavy atom. The molecule has 2 aromatic heterocycles. The van der Waals surface area contributed by atoms with Crippen molar-refractivity contribution in [3.05, 3.63) is 35.7 Å². The van der Waals surface area contributed by atoms with E-state index in [9.17, 15) is 0 Å². The van der Waals surface area contributed by atoms with E-state index in [0.717, 1.165) is 36.7 Å². The molecule has 0 spiro atoms. The van der Waals surface area contributed by atoms with Gasteiger partial charge in [0.05, 0.1) is 0 Å². The van der Waals surface area contributed by atoms with E-state index < -0.39 is 0 Å². The first-order chi connectivity index (χ1) is 9.74. The smallest absolute Gasteiger partial charge is 0.213 e. The number of aryl methyl sites for hydroxylation is 1. The second-order valence-corrected chi connectivity index (χ2v) is 5.33. The molecule has 0 bridgehead atoms. The highest BCUT2D eigenvalue weighted by atomic mass is 16.5. The Morgan fingerprint density at radius 1 is 1.35 bits per heavy atom. The molecule has 5 nitrogen and oxygen atoms in total. The summed E-state index contributed by atoms with van der Waals surface area (Å²) >= 11 is 0. The standard InChI is InChI=1S/C15H20N4O/c1-10-4-3-5-15(17-10)20-12-7-6-11(8-12)13-9-14(16-2)19-18-13/h3-5,9,11-12H,6-8H2,1-2H3,(H2,16,18,19). The number of nitrogens with one attached hydrogen (secondary N) is 2. The first kappa shape index (κ1) is 13.0. The third kappa shape index (κ3) is 2.76. The highest BCUT2D eigenvalue weighted by Gasteiger charge is 2.28. The maximum atomic E-state index is 5.98. The number of ether oxygens (including phenoxy) is 1. The van der Waals surface area contributed by atoms with Gasteiger partial charge in [-0.25, -0.2) is 4.98 Å². The quantitative estimate of drug-likeness (QED) is 0.898. The minimum absolute atomic E-state index is 0.246. The van der Waals surface area contributed by atoms with Crippen LogP contribution in [-0.4, -0.2) is 28.3 Å². The minimum atomic E-state index is 0.246. The molecule has 0 saturated heterocycles. The lowest BCUT2D eigenvalue weighted by Crippen LogP contribution is -2.13. The van der Waals surface area contributed by atoms with Crippen LogP contribution in [0, 0.1) is 6.92 Å². The summed E-state index contributed by atoms with van der Waals surface area (Å²) in [6.45, 7) is 1.98. The summed E-state index contributed by atoms with van der Waals surface area (Å²) in [6, 6.07) is 7.97. The molecule has 2 unspecified atom stereocenters. The van der Waals surface area contributed by atoms with Crippen LogP contribution in [0.3, 0.4) is 0 Å². The van der Waals surface area contributed by atoms with Gasteiger partial charge in [0.2, 0.25) is 5.88 Å². The summed E-state index contributed by atoms with van der Waals surface area (Å²) in [6.07, 6.45) is 3.45. The number of nitrogens with zero attached hydrogens (tertiary/aromatic N) is 2. The minimum Gasteiger partial charge on any atom is -0.474 e. The van der Waals surface area contributed by atoms with E-state index >= 15 is 0 Å². The van der Waals surface area contributed by atoms with Crippen molar-refractivity contribution in [2.75, 3.05) is 12.4 Å². The third-order valence-electron chi connectivity index (χ3n) is 3.83. The van der Waals surface area contributed by atoms with E-state index in [2.05, 4.69) is 26.6 Å². The molecule has 0 amide bonds. The Bertz CT molecular complexity index is 581. The third-order valence-corrected chi connectivity index (χ3v) is 3.83. The Hall–Kier alpha value is -2.04. The largest absolute Gasteiger partial charge is 0.474 e. The SMILES string of the molecule is CNc1cc(C2CCC(Oc3cccc(C)n3)C2)[nH]n1. The van der Waals surface area contributed by atoms with Gasteiger partial charge < -0.3 is 10.1 Å². The number of hydrogen-bond acceptors (Lipinski definition) is 4. The molecule has 3 rings (SSSR count). The van der Waals surface area contributed by atoms with E-state index in [4.69, 9.17) is 4.74 Å². The molecule has 2 heterocycles. The maximum Gasteiger partial charge on any atom is 0.213 e. The number of H-pyrrole nitrogens is 1. The summed E-state index contributed by atoms with van der Waals surface area (Å²) in [5.74, 6) is 2.13. The lowest BCUT2D eigenvalue weighted by atomic mass is 10.0. The summed E-state index contributed by atoms with van der Waals surface area (Å²) in [7, 11) is 1.88. The summed E-state index contributed by atoms with van der Waals surface area (Å²) in [5, 5.41) is 10.4. The fourth-order valence-electron chi connectivity index (χ4n) is 2.76. The first-order valence-electron chi connectivity index (χ1n) is 7.08. The molecule has 0 radical (unpaired) electrons. The summed E-state index contributed by atoms with van der Waals surface area (Å²) < 4.78 is 5.98. The van der Waals surface area contributed by atoms with Gasteiger partial charge in [-0.15, -0.1) is 0 Å². The fraction of sp³-hybridized carbons (Fsp3) is 0.467. The average Bonchev–Trinajstić information content (AvgIpc) is 3.07. The molecular weight excluding hydrogens is 252 g/mol. The van der Waals surface area contributed by atoms with Crippen LogP contribution in [-0.2, 0) is 0 Å². The molecule has 1 aliphatic carbocycles. The normalized spacial score (nSPS) is 21.9. The van der Waals surface area contributed by atoms with Crippen LogP contribution in [0.25, 0.3) is 0 Å². The molecule has 2 N–H and O–H groups in total. The van der Waals surface area contributed by atoms with E-state index in [1.165, 1.54) is 5.69 Å². The van der Waals surface area contributed by atoms with Gasteiger partial charge in [-0.3, -0.25) is 5.10 Å². The average molecular weight is 272 g/mol. The van der Waals surface area contributed by atoms with Crippen molar-refractivity contribution in [2.45, 2.75) is 38.2 Å². The fourth-order valence-corrected chi connectivity index (χ4v) is 2.76. The van der Waals surface area contributed by atoms with E-state index in [0.29, 0.717) is 5.92 Å². The molecule has 1 fully saturated rings. The first-order valence-corrected chi connectivity index (χ1v) is 7.08. The lowest BCUT2D eigenvalue weighted by Gasteiger charge is -2.13. The van der Waals surface area contributed by atoms with Gasteiger partial charge in [0.1, 0.15) is 11.9 Å². The second kappa shape index (κ2) is 5.53. The molecule has 20 heavy (non-hydrogen) atoms. The lowest BCUT2D eigenvalue weighted by molar-refractivity contribution is 0.199. The predicted molar refractivity (Wildman–Crippen MR) is 78.1 cm³/mol. The Labute approximate surface area is 118 Å². The van der Waals surface area contributed by atoms with Crippen molar-refractivity contribution in [1.29, 1.82) is 0 Å². The van der Waals surface area contributed by atoms with Crippen molar-refractivity contribution in [2.24, 2.45) is 0 Å². The van der Waals surface area contributed by atoms with E-state index in [-0.39, 0.29) is 6.10 Å². The molecule has 106 valence electrons.